The van der Waals surface area contributed by atoms with Crippen molar-refractivity contribution in [1.29, 1.82) is 0 Å². The van der Waals surface area contributed by atoms with Gasteiger partial charge in [0.1, 0.15) is 11.5 Å². The number of Topliss-reactive ketones (excluding diaryl/α,β-unsaturated/α-hetero) is 1. The number of nitrogens with one attached hydrogen (secondary N) is 1. The van der Waals surface area contributed by atoms with Gasteiger partial charge in [-0.2, -0.15) is 0 Å². The van der Waals surface area contributed by atoms with Gasteiger partial charge in [0.25, 0.3) is 5.91 Å². The Bertz CT molecular complexity index is 1060. The van der Waals surface area contributed by atoms with Crippen LogP contribution in [0.5, 0.6) is 23.0 Å². The number of aliphatic carboxylic acids is 1. The number of carboxylic acid groups (broad SMARTS) is 1. The third kappa shape index (κ3) is 5.57. The van der Waals surface area contributed by atoms with Gasteiger partial charge in [-0.25, -0.2) is 0 Å². The molecule has 9 heteroatoms. The van der Waals surface area contributed by atoms with Gasteiger partial charge in [-0.1, -0.05) is 6.07 Å². The molecule has 0 spiro atoms. The number of carboxylic acids is 1. The molecule has 2 aromatic carbocycles. The second-order valence-corrected chi connectivity index (χ2v) is 6.85. The first-order valence-electron chi connectivity index (χ1n) is 9.83. The van der Waals surface area contributed by atoms with Gasteiger partial charge in [0, 0.05) is 19.0 Å². The molecule has 0 aliphatic carbocycles. The lowest BCUT2D eigenvalue weighted by Gasteiger charge is -2.08. The molecule has 32 heavy (non-hydrogen) atoms. The van der Waals surface area contributed by atoms with Crippen molar-refractivity contribution in [2.24, 2.45) is 0 Å². The zero-order valence-electron chi connectivity index (χ0n) is 17.7. The molecule has 0 fully saturated rings. The van der Waals surface area contributed by atoms with E-state index in [-0.39, 0.29) is 37.0 Å². The molecule has 1 amide bonds. The second kappa shape index (κ2) is 10.3. The lowest BCUT2D eigenvalue weighted by molar-refractivity contribution is -0.137. The Labute approximate surface area is 184 Å². The SMILES string of the molecule is COc1ccc(/C=C2\Oc3cc(OCC(=O)NCCCC(=O)O)ccc3C2=O)cc1OC. The van der Waals surface area contributed by atoms with Crippen LogP contribution in [0.25, 0.3) is 6.08 Å². The average molecular weight is 441 g/mol. The van der Waals surface area contributed by atoms with Crippen molar-refractivity contribution in [3.8, 4) is 23.0 Å². The van der Waals surface area contributed by atoms with Gasteiger partial charge >= 0.3 is 5.97 Å². The van der Waals surface area contributed by atoms with Crippen molar-refractivity contribution in [3.63, 3.8) is 0 Å². The molecule has 2 aromatic rings. The van der Waals surface area contributed by atoms with E-state index in [2.05, 4.69) is 5.32 Å². The van der Waals surface area contributed by atoms with Gasteiger partial charge in [0.15, 0.2) is 23.9 Å². The highest BCUT2D eigenvalue weighted by Crippen LogP contribution is 2.35. The first-order chi connectivity index (χ1) is 15.4. The summed E-state index contributed by atoms with van der Waals surface area (Å²) in [6.45, 7) is 0.00867. The van der Waals surface area contributed by atoms with E-state index in [0.29, 0.717) is 40.5 Å². The molecule has 1 aliphatic heterocycles. The summed E-state index contributed by atoms with van der Waals surface area (Å²) in [5, 5.41) is 11.2. The monoisotopic (exact) mass is 441 g/mol. The summed E-state index contributed by atoms with van der Waals surface area (Å²) in [6.07, 6.45) is 1.93. The van der Waals surface area contributed by atoms with Crippen LogP contribution in [-0.4, -0.2) is 50.1 Å². The maximum absolute atomic E-state index is 12.7. The summed E-state index contributed by atoms with van der Waals surface area (Å²) in [4.78, 5) is 34.9. The second-order valence-electron chi connectivity index (χ2n) is 6.85. The van der Waals surface area contributed by atoms with Crippen LogP contribution in [0.1, 0.15) is 28.8 Å². The Kier molecular flexibility index (Phi) is 7.33. The van der Waals surface area contributed by atoms with E-state index in [4.69, 9.17) is 24.1 Å². The predicted octanol–water partition coefficient (Wildman–Crippen LogP) is 2.68. The minimum Gasteiger partial charge on any atom is -0.493 e. The number of hydrogen-bond acceptors (Lipinski definition) is 7. The molecule has 0 saturated heterocycles. The first-order valence-corrected chi connectivity index (χ1v) is 9.83. The van der Waals surface area contributed by atoms with Crippen LogP contribution in [0, 0.1) is 0 Å². The van der Waals surface area contributed by atoms with Crippen molar-refractivity contribution >= 4 is 23.7 Å². The molecule has 0 atom stereocenters. The molecule has 1 heterocycles. The molecular weight excluding hydrogens is 418 g/mol. The molecule has 3 rings (SSSR count). The normalized spacial score (nSPS) is 13.3. The summed E-state index contributed by atoms with van der Waals surface area (Å²) < 4.78 is 21.6. The standard InChI is InChI=1S/C23H23NO8/c1-29-17-8-5-14(10-19(17)30-2)11-20-23(28)16-7-6-15(12-18(16)32-20)31-13-21(25)24-9-3-4-22(26)27/h5-8,10-12H,3-4,9,13H2,1-2H3,(H,24,25)(H,26,27)/b20-11-. The number of ketones is 1. The number of carbonyl (C=O) groups is 3. The highest BCUT2D eigenvalue weighted by atomic mass is 16.5. The number of methoxy groups -OCH3 is 2. The van der Waals surface area contributed by atoms with E-state index in [1.165, 1.54) is 7.11 Å². The van der Waals surface area contributed by atoms with Crippen molar-refractivity contribution in [2.75, 3.05) is 27.4 Å². The highest BCUT2D eigenvalue weighted by Gasteiger charge is 2.28. The van der Waals surface area contributed by atoms with Crippen LogP contribution in [0.2, 0.25) is 0 Å². The Morgan fingerprint density at radius 3 is 2.59 bits per heavy atom. The van der Waals surface area contributed by atoms with E-state index in [1.54, 1.807) is 49.6 Å². The van der Waals surface area contributed by atoms with Crippen molar-refractivity contribution in [1.82, 2.24) is 5.32 Å². The molecule has 0 aromatic heterocycles. The van der Waals surface area contributed by atoms with Crippen LogP contribution in [0.15, 0.2) is 42.2 Å². The zero-order valence-corrected chi connectivity index (χ0v) is 17.7. The van der Waals surface area contributed by atoms with E-state index in [0.717, 1.165) is 0 Å². The van der Waals surface area contributed by atoms with E-state index < -0.39 is 5.97 Å². The van der Waals surface area contributed by atoms with E-state index in [1.807, 2.05) is 0 Å². The Hall–Kier alpha value is -4.01. The minimum atomic E-state index is -0.914. The largest absolute Gasteiger partial charge is 0.493 e. The molecule has 0 radical (unpaired) electrons. The third-order valence-corrected chi connectivity index (χ3v) is 4.61. The molecule has 168 valence electrons. The van der Waals surface area contributed by atoms with Crippen molar-refractivity contribution in [3.05, 3.63) is 53.3 Å². The van der Waals surface area contributed by atoms with Crippen molar-refractivity contribution < 1.29 is 38.4 Å². The van der Waals surface area contributed by atoms with E-state index in [9.17, 15) is 14.4 Å². The molecule has 0 unspecified atom stereocenters. The Balaban J connectivity index is 1.62. The van der Waals surface area contributed by atoms with Gasteiger partial charge in [-0.3, -0.25) is 14.4 Å². The fourth-order valence-electron chi connectivity index (χ4n) is 3.02. The molecular formula is C23H23NO8. The fourth-order valence-corrected chi connectivity index (χ4v) is 3.02. The van der Waals surface area contributed by atoms with E-state index >= 15 is 0 Å². The number of carbonyl (C=O) groups excluding carboxylic acids is 2. The number of hydrogen-bond donors (Lipinski definition) is 2. The number of rotatable bonds is 10. The molecule has 2 N–H and O–H groups in total. The topological polar surface area (TPSA) is 120 Å². The third-order valence-electron chi connectivity index (χ3n) is 4.61. The summed E-state index contributed by atoms with van der Waals surface area (Å²) in [5.74, 6) is 0.402. The average Bonchev–Trinajstić information content (AvgIpc) is 3.09. The molecule has 9 nitrogen and oxygen atoms in total. The van der Waals surface area contributed by atoms with Gasteiger partial charge < -0.3 is 29.4 Å². The van der Waals surface area contributed by atoms with Crippen LogP contribution >= 0.6 is 0 Å². The fraction of sp³-hybridized carbons (Fsp3) is 0.261. The Morgan fingerprint density at radius 1 is 1.09 bits per heavy atom. The Morgan fingerprint density at radius 2 is 1.88 bits per heavy atom. The first kappa shape index (κ1) is 22.7. The zero-order chi connectivity index (χ0) is 23.1. The minimum absolute atomic E-state index is 0.0174. The van der Waals surface area contributed by atoms with Crippen LogP contribution in [0.4, 0.5) is 0 Å². The van der Waals surface area contributed by atoms with Crippen LogP contribution < -0.4 is 24.3 Å². The van der Waals surface area contributed by atoms with Crippen molar-refractivity contribution in [2.45, 2.75) is 12.8 Å². The molecule has 1 aliphatic rings. The summed E-state index contributed by atoms with van der Waals surface area (Å²) in [7, 11) is 3.07. The van der Waals surface area contributed by atoms with Crippen LogP contribution in [0.3, 0.4) is 0 Å². The number of benzene rings is 2. The predicted molar refractivity (Wildman–Crippen MR) is 114 cm³/mol. The number of amides is 1. The number of fused-ring (bicyclic) bond motifs is 1. The highest BCUT2D eigenvalue weighted by molar-refractivity contribution is 6.14. The lowest BCUT2D eigenvalue weighted by atomic mass is 10.1. The summed E-state index contributed by atoms with van der Waals surface area (Å²) in [6, 6.07) is 9.94. The van der Waals surface area contributed by atoms with Gasteiger partial charge in [0.2, 0.25) is 5.78 Å². The van der Waals surface area contributed by atoms with Gasteiger partial charge in [0.05, 0.1) is 19.8 Å². The molecule has 0 saturated carbocycles. The summed E-state index contributed by atoms with van der Waals surface area (Å²) in [5.41, 5.74) is 1.09. The quantitative estimate of drug-likeness (QED) is 0.427. The lowest BCUT2D eigenvalue weighted by Crippen LogP contribution is -2.29. The van der Waals surface area contributed by atoms with Crippen LogP contribution in [-0.2, 0) is 9.59 Å². The smallest absolute Gasteiger partial charge is 0.303 e. The summed E-state index contributed by atoms with van der Waals surface area (Å²) >= 11 is 0. The number of allylic oxidation sites excluding steroid dienone is 1. The molecule has 0 bridgehead atoms. The van der Waals surface area contributed by atoms with Gasteiger partial charge in [-0.05, 0) is 42.3 Å². The van der Waals surface area contributed by atoms with Gasteiger partial charge in [-0.15, -0.1) is 0 Å². The number of ether oxygens (including phenoxy) is 4. The maximum Gasteiger partial charge on any atom is 0.303 e. The maximum atomic E-state index is 12.7.